The lowest BCUT2D eigenvalue weighted by atomic mass is 10.1. The lowest BCUT2D eigenvalue weighted by molar-refractivity contribution is -0.117. The number of anilines is 1. The van der Waals surface area contributed by atoms with Gasteiger partial charge in [-0.3, -0.25) is 4.79 Å². The van der Waals surface area contributed by atoms with Gasteiger partial charge in [-0.2, -0.15) is 0 Å². The number of ether oxygens (including phenoxy) is 3. The van der Waals surface area contributed by atoms with E-state index in [-0.39, 0.29) is 5.91 Å². The van der Waals surface area contributed by atoms with Gasteiger partial charge in [0.15, 0.2) is 0 Å². The SMILES string of the molecule is CC(NC(=O)OC(C)(C)C)C(=O)Nc1ccc(Oc2ccc3c(c2)COC3)cc1. The molecule has 2 aromatic rings. The molecule has 2 amide bonds. The Kier molecular flexibility index (Phi) is 6.08. The Morgan fingerprint density at radius 3 is 2.34 bits per heavy atom. The average Bonchev–Trinajstić information content (AvgIpc) is 3.09. The number of hydrogen-bond acceptors (Lipinski definition) is 5. The quantitative estimate of drug-likeness (QED) is 0.782. The van der Waals surface area contributed by atoms with Gasteiger partial charge in [-0.05, 0) is 75.2 Å². The molecule has 2 N–H and O–H groups in total. The molecular formula is C22H26N2O5. The zero-order chi connectivity index (χ0) is 21.0. The number of benzene rings is 2. The van der Waals surface area contributed by atoms with Crippen molar-refractivity contribution in [3.05, 3.63) is 53.6 Å². The molecule has 0 aromatic heterocycles. The summed E-state index contributed by atoms with van der Waals surface area (Å²) >= 11 is 0. The van der Waals surface area contributed by atoms with E-state index < -0.39 is 17.7 Å². The number of nitrogens with one attached hydrogen (secondary N) is 2. The fraction of sp³-hybridized carbons (Fsp3) is 0.364. The first kappa shape index (κ1) is 20.7. The van der Waals surface area contributed by atoms with E-state index in [0.29, 0.717) is 24.7 Å². The van der Waals surface area contributed by atoms with E-state index >= 15 is 0 Å². The van der Waals surface area contributed by atoms with Crippen LogP contribution in [0.25, 0.3) is 0 Å². The molecule has 0 radical (unpaired) electrons. The number of alkyl carbamates (subject to hydrolysis) is 1. The number of fused-ring (bicyclic) bond motifs is 1. The Bertz CT molecular complexity index is 887. The van der Waals surface area contributed by atoms with E-state index in [4.69, 9.17) is 14.2 Å². The summed E-state index contributed by atoms with van der Waals surface area (Å²) in [7, 11) is 0. The van der Waals surface area contributed by atoms with Crippen molar-refractivity contribution in [3.63, 3.8) is 0 Å². The normalized spacial score (nSPS) is 13.9. The molecule has 3 rings (SSSR count). The van der Waals surface area contributed by atoms with Gasteiger partial charge in [0.1, 0.15) is 23.1 Å². The predicted molar refractivity (Wildman–Crippen MR) is 109 cm³/mol. The van der Waals surface area contributed by atoms with Gasteiger partial charge in [0, 0.05) is 5.69 Å². The molecule has 1 atom stereocenters. The summed E-state index contributed by atoms with van der Waals surface area (Å²) in [5.74, 6) is 1.05. The number of hydrogen-bond donors (Lipinski definition) is 2. The molecule has 1 aliphatic rings. The zero-order valence-electron chi connectivity index (χ0n) is 17.1. The summed E-state index contributed by atoms with van der Waals surface area (Å²) in [4.78, 5) is 24.1. The molecule has 1 heterocycles. The average molecular weight is 398 g/mol. The minimum atomic E-state index is -0.741. The molecule has 1 unspecified atom stereocenters. The zero-order valence-corrected chi connectivity index (χ0v) is 17.1. The fourth-order valence-corrected chi connectivity index (χ4v) is 2.75. The van der Waals surface area contributed by atoms with Gasteiger partial charge in [-0.1, -0.05) is 6.07 Å². The maximum absolute atomic E-state index is 12.3. The molecule has 2 aromatic carbocycles. The highest BCUT2D eigenvalue weighted by molar-refractivity contribution is 5.96. The van der Waals surface area contributed by atoms with Crippen molar-refractivity contribution in [1.29, 1.82) is 0 Å². The van der Waals surface area contributed by atoms with Crippen molar-refractivity contribution in [1.82, 2.24) is 5.32 Å². The number of amides is 2. The van der Waals surface area contributed by atoms with Gasteiger partial charge in [-0.25, -0.2) is 4.79 Å². The van der Waals surface area contributed by atoms with Crippen molar-refractivity contribution >= 4 is 17.7 Å². The maximum atomic E-state index is 12.3. The first-order valence-electron chi connectivity index (χ1n) is 9.47. The highest BCUT2D eigenvalue weighted by Crippen LogP contribution is 2.28. The van der Waals surface area contributed by atoms with Crippen LogP contribution in [0.4, 0.5) is 10.5 Å². The molecule has 154 valence electrons. The van der Waals surface area contributed by atoms with Crippen LogP contribution in [0.15, 0.2) is 42.5 Å². The minimum absolute atomic E-state index is 0.344. The summed E-state index contributed by atoms with van der Waals surface area (Å²) in [6.45, 7) is 8.12. The highest BCUT2D eigenvalue weighted by atomic mass is 16.6. The lowest BCUT2D eigenvalue weighted by Gasteiger charge is -2.21. The molecule has 0 fully saturated rings. The van der Waals surface area contributed by atoms with Gasteiger partial charge < -0.3 is 24.8 Å². The van der Waals surface area contributed by atoms with Crippen LogP contribution in [0.1, 0.15) is 38.8 Å². The van der Waals surface area contributed by atoms with Crippen LogP contribution in [0.3, 0.4) is 0 Å². The third-order valence-corrected chi connectivity index (χ3v) is 4.18. The summed E-state index contributed by atoms with van der Waals surface area (Å²) < 4.78 is 16.4. The van der Waals surface area contributed by atoms with Crippen LogP contribution in [0, 0.1) is 0 Å². The van der Waals surface area contributed by atoms with Crippen LogP contribution < -0.4 is 15.4 Å². The Morgan fingerprint density at radius 2 is 1.66 bits per heavy atom. The van der Waals surface area contributed by atoms with Crippen LogP contribution in [-0.4, -0.2) is 23.6 Å². The summed E-state index contributed by atoms with van der Waals surface area (Å²) in [6, 6.07) is 12.2. The van der Waals surface area contributed by atoms with Crippen LogP contribution >= 0.6 is 0 Å². The number of carbonyl (C=O) groups is 2. The molecule has 0 aliphatic carbocycles. The largest absolute Gasteiger partial charge is 0.457 e. The Balaban J connectivity index is 1.53. The molecular weight excluding hydrogens is 372 g/mol. The van der Waals surface area contributed by atoms with Gasteiger partial charge in [0.05, 0.1) is 13.2 Å². The Morgan fingerprint density at radius 1 is 1.00 bits per heavy atom. The molecule has 29 heavy (non-hydrogen) atoms. The van der Waals surface area contributed by atoms with Crippen molar-refractivity contribution in [2.75, 3.05) is 5.32 Å². The van der Waals surface area contributed by atoms with Crippen molar-refractivity contribution in [2.45, 2.75) is 52.6 Å². The molecule has 7 nitrogen and oxygen atoms in total. The molecule has 0 bridgehead atoms. The molecule has 0 saturated heterocycles. The fourth-order valence-electron chi connectivity index (χ4n) is 2.75. The van der Waals surface area contributed by atoms with E-state index in [1.54, 1.807) is 52.0 Å². The monoisotopic (exact) mass is 398 g/mol. The van der Waals surface area contributed by atoms with Gasteiger partial charge in [-0.15, -0.1) is 0 Å². The van der Waals surface area contributed by atoms with Crippen LogP contribution in [0.5, 0.6) is 11.5 Å². The van der Waals surface area contributed by atoms with E-state index in [9.17, 15) is 9.59 Å². The molecule has 0 spiro atoms. The molecule has 0 saturated carbocycles. The second-order valence-corrected chi connectivity index (χ2v) is 7.91. The lowest BCUT2D eigenvalue weighted by Crippen LogP contribution is -2.43. The molecule has 1 aliphatic heterocycles. The summed E-state index contributed by atoms with van der Waals surface area (Å²) in [6.07, 6.45) is -0.636. The van der Waals surface area contributed by atoms with E-state index in [2.05, 4.69) is 10.6 Å². The Labute approximate surface area is 170 Å². The van der Waals surface area contributed by atoms with Gasteiger partial charge >= 0.3 is 6.09 Å². The number of carbonyl (C=O) groups excluding carboxylic acids is 2. The molecule has 7 heteroatoms. The van der Waals surface area contributed by atoms with Crippen molar-refractivity contribution in [2.24, 2.45) is 0 Å². The standard InChI is InChI=1S/C22H26N2O5/c1-14(23-21(26)29-22(2,3)4)20(25)24-17-6-9-18(10-7-17)28-19-8-5-15-12-27-13-16(15)11-19/h5-11,14H,12-13H2,1-4H3,(H,23,26)(H,24,25). The van der Waals surface area contributed by atoms with Crippen molar-refractivity contribution < 1.29 is 23.8 Å². The third kappa shape index (κ3) is 5.96. The number of rotatable bonds is 5. The second-order valence-electron chi connectivity index (χ2n) is 7.91. The van der Waals surface area contributed by atoms with Crippen LogP contribution in [0.2, 0.25) is 0 Å². The Hall–Kier alpha value is -3.06. The second kappa shape index (κ2) is 8.53. The maximum Gasteiger partial charge on any atom is 0.408 e. The first-order valence-corrected chi connectivity index (χ1v) is 9.47. The van der Waals surface area contributed by atoms with Crippen molar-refractivity contribution in [3.8, 4) is 11.5 Å². The first-order chi connectivity index (χ1) is 13.7. The van der Waals surface area contributed by atoms with E-state index in [0.717, 1.165) is 11.3 Å². The smallest absolute Gasteiger partial charge is 0.408 e. The summed E-state index contributed by atoms with van der Waals surface area (Å²) in [5.41, 5.74) is 2.30. The summed E-state index contributed by atoms with van der Waals surface area (Å²) in [5, 5.41) is 5.27. The minimum Gasteiger partial charge on any atom is -0.457 e. The highest BCUT2D eigenvalue weighted by Gasteiger charge is 2.21. The van der Waals surface area contributed by atoms with Gasteiger partial charge in [0.25, 0.3) is 0 Å². The topological polar surface area (TPSA) is 85.9 Å². The third-order valence-electron chi connectivity index (χ3n) is 4.18. The van der Waals surface area contributed by atoms with E-state index in [1.807, 2.05) is 18.2 Å². The van der Waals surface area contributed by atoms with E-state index in [1.165, 1.54) is 5.56 Å². The predicted octanol–water partition coefficient (Wildman–Crippen LogP) is 4.36. The van der Waals surface area contributed by atoms with Gasteiger partial charge in [0.2, 0.25) is 5.91 Å². The van der Waals surface area contributed by atoms with Crippen LogP contribution in [-0.2, 0) is 27.5 Å².